The average Bonchev–Trinajstić information content (AvgIpc) is 2.72. The molecule has 0 aliphatic rings. The van der Waals surface area contributed by atoms with Crippen molar-refractivity contribution in [2.75, 3.05) is 5.32 Å². The molecule has 1 heterocycles. The van der Waals surface area contributed by atoms with Crippen LogP contribution in [0.15, 0.2) is 85.2 Å². The molecular weight excluding hydrogens is 338 g/mol. The molecule has 3 rings (SSSR count). The first-order valence-electron chi connectivity index (χ1n) is 8.52. The van der Waals surface area contributed by atoms with Crippen molar-refractivity contribution in [2.24, 2.45) is 0 Å². The summed E-state index contributed by atoms with van der Waals surface area (Å²) in [5.41, 5.74) is 3.03. The van der Waals surface area contributed by atoms with Gasteiger partial charge in [0.1, 0.15) is 0 Å². The van der Waals surface area contributed by atoms with Crippen LogP contribution in [-0.2, 0) is 11.3 Å². The molecule has 0 radical (unpaired) electrons. The number of carbonyl (C=O) groups is 2. The molecule has 0 aliphatic carbocycles. The van der Waals surface area contributed by atoms with Crippen LogP contribution in [-0.4, -0.2) is 16.8 Å². The van der Waals surface area contributed by atoms with E-state index in [1.54, 1.807) is 42.7 Å². The zero-order chi connectivity index (χ0) is 18.9. The summed E-state index contributed by atoms with van der Waals surface area (Å²) in [5, 5.41) is 5.61. The van der Waals surface area contributed by atoms with Crippen LogP contribution < -0.4 is 10.6 Å². The fourth-order valence-electron chi connectivity index (χ4n) is 2.41. The van der Waals surface area contributed by atoms with E-state index in [1.165, 1.54) is 6.08 Å². The number of carbonyl (C=O) groups excluding carboxylic acids is 2. The maximum atomic E-state index is 12.2. The molecule has 0 saturated heterocycles. The standard InChI is InChI=1S/C22H19N3O2/c26-21(13-8-17-5-2-1-3-6-17)25-20-11-9-19(10-12-20)22(27)24-16-18-7-4-14-23-15-18/h1-15H,16H2,(H,24,27)(H,25,26). The Kier molecular flexibility index (Phi) is 6.09. The SMILES string of the molecule is O=C(C=Cc1ccccc1)Nc1ccc(C(=O)NCc2cccnc2)cc1. The topological polar surface area (TPSA) is 71.1 Å². The summed E-state index contributed by atoms with van der Waals surface area (Å²) in [7, 11) is 0. The lowest BCUT2D eigenvalue weighted by Gasteiger charge is -2.07. The Hall–Kier alpha value is -3.73. The second-order valence-corrected chi connectivity index (χ2v) is 5.85. The zero-order valence-corrected chi connectivity index (χ0v) is 14.6. The molecule has 1 aromatic heterocycles. The van der Waals surface area contributed by atoms with Crippen LogP contribution in [0.1, 0.15) is 21.5 Å². The van der Waals surface area contributed by atoms with Crippen LogP contribution in [0.3, 0.4) is 0 Å². The fourth-order valence-corrected chi connectivity index (χ4v) is 2.41. The van der Waals surface area contributed by atoms with Crippen molar-refractivity contribution < 1.29 is 9.59 Å². The molecule has 134 valence electrons. The fraction of sp³-hybridized carbons (Fsp3) is 0.0455. The highest BCUT2D eigenvalue weighted by Crippen LogP contribution is 2.10. The van der Waals surface area contributed by atoms with E-state index in [0.29, 0.717) is 17.8 Å². The highest BCUT2D eigenvalue weighted by Gasteiger charge is 2.06. The van der Waals surface area contributed by atoms with Crippen LogP contribution in [0.4, 0.5) is 5.69 Å². The number of amides is 2. The van der Waals surface area contributed by atoms with Gasteiger partial charge in [-0.25, -0.2) is 0 Å². The Labute approximate surface area is 157 Å². The van der Waals surface area contributed by atoms with E-state index in [-0.39, 0.29) is 11.8 Å². The van der Waals surface area contributed by atoms with Crippen molar-refractivity contribution in [3.8, 4) is 0 Å². The molecule has 2 N–H and O–H groups in total. The van der Waals surface area contributed by atoms with E-state index < -0.39 is 0 Å². The number of nitrogens with zero attached hydrogens (tertiary/aromatic N) is 1. The monoisotopic (exact) mass is 357 g/mol. The van der Waals surface area contributed by atoms with Crippen LogP contribution in [0.25, 0.3) is 6.08 Å². The van der Waals surface area contributed by atoms with E-state index >= 15 is 0 Å². The molecule has 5 nitrogen and oxygen atoms in total. The van der Waals surface area contributed by atoms with Crippen molar-refractivity contribution in [3.05, 3.63) is 102 Å². The maximum Gasteiger partial charge on any atom is 0.251 e. The number of pyridine rings is 1. The van der Waals surface area contributed by atoms with E-state index in [0.717, 1.165) is 11.1 Å². The molecule has 0 unspecified atom stereocenters. The van der Waals surface area contributed by atoms with Crippen molar-refractivity contribution in [3.63, 3.8) is 0 Å². The van der Waals surface area contributed by atoms with Gasteiger partial charge in [-0.05, 0) is 47.5 Å². The molecular formula is C22H19N3O2. The molecule has 2 amide bonds. The van der Waals surface area contributed by atoms with Gasteiger partial charge in [0.25, 0.3) is 5.91 Å². The van der Waals surface area contributed by atoms with Gasteiger partial charge in [-0.2, -0.15) is 0 Å². The maximum absolute atomic E-state index is 12.2. The van der Waals surface area contributed by atoms with Gasteiger partial charge in [0.05, 0.1) is 0 Å². The second kappa shape index (κ2) is 9.10. The third-order valence-electron chi connectivity index (χ3n) is 3.82. The van der Waals surface area contributed by atoms with Crippen LogP contribution in [0.2, 0.25) is 0 Å². The van der Waals surface area contributed by atoms with Gasteiger partial charge in [-0.15, -0.1) is 0 Å². The summed E-state index contributed by atoms with van der Waals surface area (Å²) >= 11 is 0. The molecule has 3 aromatic rings. The van der Waals surface area contributed by atoms with Crippen molar-refractivity contribution >= 4 is 23.6 Å². The summed E-state index contributed by atoms with van der Waals surface area (Å²) < 4.78 is 0. The summed E-state index contributed by atoms with van der Waals surface area (Å²) in [6, 6.07) is 20.1. The Morgan fingerprint density at radius 3 is 2.41 bits per heavy atom. The van der Waals surface area contributed by atoms with Crippen molar-refractivity contribution in [1.82, 2.24) is 10.3 Å². The van der Waals surface area contributed by atoms with Crippen molar-refractivity contribution in [1.29, 1.82) is 0 Å². The Morgan fingerprint density at radius 2 is 1.70 bits per heavy atom. The Bertz CT molecular complexity index is 921. The van der Waals surface area contributed by atoms with E-state index in [1.807, 2.05) is 42.5 Å². The second-order valence-electron chi connectivity index (χ2n) is 5.85. The largest absolute Gasteiger partial charge is 0.348 e. The predicted molar refractivity (Wildman–Crippen MR) is 106 cm³/mol. The molecule has 0 atom stereocenters. The summed E-state index contributed by atoms with van der Waals surface area (Å²) in [5.74, 6) is -0.409. The van der Waals surface area contributed by atoms with Gasteiger partial charge in [0.15, 0.2) is 0 Å². The number of benzene rings is 2. The van der Waals surface area contributed by atoms with E-state index in [9.17, 15) is 9.59 Å². The van der Waals surface area contributed by atoms with Gasteiger partial charge >= 0.3 is 0 Å². The molecule has 0 aliphatic heterocycles. The van der Waals surface area contributed by atoms with Gasteiger partial charge in [-0.3, -0.25) is 14.6 Å². The minimum absolute atomic E-state index is 0.180. The minimum Gasteiger partial charge on any atom is -0.348 e. The van der Waals surface area contributed by atoms with Gasteiger partial charge in [-0.1, -0.05) is 36.4 Å². The summed E-state index contributed by atoms with van der Waals surface area (Å²) in [4.78, 5) is 28.2. The smallest absolute Gasteiger partial charge is 0.251 e. The minimum atomic E-state index is -0.229. The molecule has 0 saturated carbocycles. The first-order chi connectivity index (χ1) is 13.2. The Morgan fingerprint density at radius 1 is 0.926 bits per heavy atom. The zero-order valence-electron chi connectivity index (χ0n) is 14.6. The normalized spacial score (nSPS) is 10.5. The van der Waals surface area contributed by atoms with Gasteiger partial charge in [0, 0.05) is 36.3 Å². The lowest BCUT2D eigenvalue weighted by atomic mass is 10.2. The Balaban J connectivity index is 1.52. The third kappa shape index (κ3) is 5.64. The highest BCUT2D eigenvalue weighted by molar-refractivity contribution is 6.02. The van der Waals surface area contributed by atoms with Crippen LogP contribution in [0, 0.1) is 0 Å². The van der Waals surface area contributed by atoms with Gasteiger partial charge in [0.2, 0.25) is 5.91 Å². The predicted octanol–water partition coefficient (Wildman–Crippen LogP) is 3.66. The highest BCUT2D eigenvalue weighted by atomic mass is 16.2. The number of anilines is 1. The third-order valence-corrected chi connectivity index (χ3v) is 3.82. The molecule has 2 aromatic carbocycles. The number of hydrogen-bond acceptors (Lipinski definition) is 3. The lowest BCUT2D eigenvalue weighted by Crippen LogP contribution is -2.22. The average molecular weight is 357 g/mol. The van der Waals surface area contributed by atoms with Crippen LogP contribution in [0.5, 0.6) is 0 Å². The lowest BCUT2D eigenvalue weighted by molar-refractivity contribution is -0.111. The summed E-state index contributed by atoms with van der Waals surface area (Å²) in [6.07, 6.45) is 6.62. The van der Waals surface area contributed by atoms with E-state index in [2.05, 4.69) is 15.6 Å². The number of aromatic nitrogens is 1. The molecule has 0 spiro atoms. The van der Waals surface area contributed by atoms with Gasteiger partial charge < -0.3 is 10.6 Å². The number of rotatable bonds is 6. The number of hydrogen-bond donors (Lipinski definition) is 2. The van der Waals surface area contributed by atoms with Crippen molar-refractivity contribution in [2.45, 2.75) is 6.54 Å². The molecule has 5 heteroatoms. The first-order valence-corrected chi connectivity index (χ1v) is 8.52. The summed E-state index contributed by atoms with van der Waals surface area (Å²) in [6.45, 7) is 0.412. The molecule has 0 bridgehead atoms. The number of nitrogens with one attached hydrogen (secondary N) is 2. The molecule has 0 fully saturated rings. The first kappa shape index (κ1) is 18.1. The van der Waals surface area contributed by atoms with Crippen LogP contribution >= 0.6 is 0 Å². The van der Waals surface area contributed by atoms with E-state index in [4.69, 9.17) is 0 Å². The quantitative estimate of drug-likeness (QED) is 0.661. The molecule has 27 heavy (non-hydrogen) atoms.